The van der Waals surface area contributed by atoms with Crippen LogP contribution in [0.3, 0.4) is 0 Å². The number of hydrogen-bond donors (Lipinski definition) is 1. The van der Waals surface area contributed by atoms with Gasteiger partial charge in [-0.15, -0.1) is 0 Å². The van der Waals surface area contributed by atoms with E-state index in [0.717, 1.165) is 24.0 Å². The lowest BCUT2D eigenvalue weighted by atomic mass is 9.85. The Labute approximate surface area is 101 Å². The predicted octanol–water partition coefficient (Wildman–Crippen LogP) is 2.64. The molecule has 2 heteroatoms. The molecule has 0 aromatic carbocycles. The summed E-state index contributed by atoms with van der Waals surface area (Å²) in [5.74, 6) is 0.899. The van der Waals surface area contributed by atoms with Crippen LogP contribution in [0.4, 0.5) is 0 Å². The third kappa shape index (κ3) is 2.60. The zero-order valence-corrected chi connectivity index (χ0v) is 11.2. The number of likely N-dealkylation sites (N-methyl/N-ethyl adjacent to an activating group) is 1. The summed E-state index contributed by atoms with van der Waals surface area (Å²) in [5, 5.41) is 3.55. The van der Waals surface area contributed by atoms with Crippen molar-refractivity contribution >= 4 is 0 Å². The van der Waals surface area contributed by atoms with Gasteiger partial charge < -0.3 is 5.32 Å². The van der Waals surface area contributed by atoms with Gasteiger partial charge in [0.1, 0.15) is 0 Å². The minimum absolute atomic E-state index is 0.737. The molecule has 94 valence electrons. The van der Waals surface area contributed by atoms with Crippen molar-refractivity contribution in [2.75, 3.05) is 13.6 Å². The van der Waals surface area contributed by atoms with Gasteiger partial charge in [-0.2, -0.15) is 0 Å². The van der Waals surface area contributed by atoms with Crippen LogP contribution in [0.5, 0.6) is 0 Å². The number of likely N-dealkylation sites (tertiary alicyclic amines) is 1. The van der Waals surface area contributed by atoms with Gasteiger partial charge in [0.2, 0.25) is 0 Å². The molecule has 2 rings (SSSR count). The molecule has 2 nitrogen and oxygen atoms in total. The van der Waals surface area contributed by atoms with Gasteiger partial charge in [0, 0.05) is 24.7 Å². The van der Waals surface area contributed by atoms with Crippen molar-refractivity contribution in [2.24, 2.45) is 5.92 Å². The van der Waals surface area contributed by atoms with Gasteiger partial charge in [-0.3, -0.25) is 4.90 Å². The lowest BCUT2D eigenvalue weighted by Crippen LogP contribution is -2.56. The molecular weight excluding hydrogens is 196 g/mol. The number of piperidine rings is 1. The van der Waals surface area contributed by atoms with Crippen LogP contribution in [0.2, 0.25) is 0 Å². The maximum atomic E-state index is 3.55. The van der Waals surface area contributed by atoms with E-state index in [1.54, 1.807) is 0 Å². The number of hydrogen-bond acceptors (Lipinski definition) is 2. The normalized spacial score (nSPS) is 42.2. The van der Waals surface area contributed by atoms with E-state index in [1.165, 1.54) is 45.1 Å². The van der Waals surface area contributed by atoms with Crippen LogP contribution in [-0.2, 0) is 0 Å². The molecule has 0 amide bonds. The molecule has 4 atom stereocenters. The highest BCUT2D eigenvalue weighted by molar-refractivity contribution is 4.91. The maximum absolute atomic E-state index is 3.55. The van der Waals surface area contributed by atoms with Crippen LogP contribution < -0.4 is 5.32 Å². The molecule has 1 saturated carbocycles. The highest BCUT2D eigenvalue weighted by Crippen LogP contribution is 2.30. The molecule has 1 heterocycles. The van der Waals surface area contributed by atoms with Crippen molar-refractivity contribution in [3.05, 3.63) is 0 Å². The second kappa shape index (κ2) is 5.50. The van der Waals surface area contributed by atoms with E-state index in [1.807, 2.05) is 0 Å². The molecule has 0 bridgehead atoms. The Morgan fingerprint density at radius 1 is 1.00 bits per heavy atom. The van der Waals surface area contributed by atoms with Gasteiger partial charge in [-0.25, -0.2) is 0 Å². The molecule has 1 N–H and O–H groups in total. The van der Waals surface area contributed by atoms with E-state index in [-0.39, 0.29) is 0 Å². The fourth-order valence-corrected chi connectivity index (χ4v) is 3.63. The largest absolute Gasteiger partial charge is 0.315 e. The SMILES string of the molecule is CNC1CCCCC1N1CC(C)CCC1C. The monoisotopic (exact) mass is 224 g/mol. The zero-order chi connectivity index (χ0) is 11.5. The molecule has 0 radical (unpaired) electrons. The Bertz CT molecular complexity index is 217. The quantitative estimate of drug-likeness (QED) is 0.776. The molecule has 2 aliphatic rings. The Morgan fingerprint density at radius 3 is 2.50 bits per heavy atom. The van der Waals surface area contributed by atoms with Crippen LogP contribution in [0, 0.1) is 5.92 Å². The van der Waals surface area contributed by atoms with Crippen LogP contribution in [0.25, 0.3) is 0 Å². The van der Waals surface area contributed by atoms with Crippen molar-refractivity contribution in [2.45, 2.75) is 70.5 Å². The smallest absolute Gasteiger partial charge is 0.0252 e. The van der Waals surface area contributed by atoms with Gasteiger partial charge >= 0.3 is 0 Å². The molecule has 0 aromatic heterocycles. The molecular formula is C14H28N2. The fourth-order valence-electron chi connectivity index (χ4n) is 3.63. The average molecular weight is 224 g/mol. The van der Waals surface area contributed by atoms with Gasteiger partial charge in [0.05, 0.1) is 0 Å². The van der Waals surface area contributed by atoms with Crippen molar-refractivity contribution in [3.8, 4) is 0 Å². The highest BCUT2D eigenvalue weighted by Gasteiger charge is 2.34. The second-order valence-electron chi connectivity index (χ2n) is 5.98. The number of nitrogens with zero attached hydrogens (tertiary/aromatic N) is 1. The predicted molar refractivity (Wildman–Crippen MR) is 69.7 cm³/mol. The molecule has 1 aliphatic heterocycles. The summed E-state index contributed by atoms with van der Waals surface area (Å²) < 4.78 is 0. The van der Waals surface area contributed by atoms with Crippen LogP contribution >= 0.6 is 0 Å². The third-order valence-corrected chi connectivity index (χ3v) is 4.69. The van der Waals surface area contributed by atoms with Crippen LogP contribution in [0.1, 0.15) is 52.4 Å². The van der Waals surface area contributed by atoms with Gasteiger partial charge in [-0.1, -0.05) is 19.8 Å². The summed E-state index contributed by atoms with van der Waals surface area (Å²) in [6.45, 7) is 6.16. The van der Waals surface area contributed by atoms with E-state index in [4.69, 9.17) is 0 Å². The first-order valence-electron chi connectivity index (χ1n) is 7.15. The first-order valence-corrected chi connectivity index (χ1v) is 7.15. The van der Waals surface area contributed by atoms with Crippen LogP contribution in [-0.4, -0.2) is 36.6 Å². The topological polar surface area (TPSA) is 15.3 Å². The van der Waals surface area contributed by atoms with Gasteiger partial charge in [0.25, 0.3) is 0 Å². The molecule has 1 aliphatic carbocycles. The average Bonchev–Trinajstić information content (AvgIpc) is 2.32. The van der Waals surface area contributed by atoms with Gasteiger partial charge in [0.15, 0.2) is 0 Å². The van der Waals surface area contributed by atoms with Crippen molar-refractivity contribution in [1.29, 1.82) is 0 Å². The third-order valence-electron chi connectivity index (χ3n) is 4.69. The Morgan fingerprint density at radius 2 is 1.75 bits per heavy atom. The van der Waals surface area contributed by atoms with E-state index in [0.29, 0.717) is 0 Å². The number of nitrogens with one attached hydrogen (secondary N) is 1. The number of rotatable bonds is 2. The Balaban J connectivity index is 2.02. The summed E-state index contributed by atoms with van der Waals surface area (Å²) >= 11 is 0. The van der Waals surface area contributed by atoms with E-state index < -0.39 is 0 Å². The van der Waals surface area contributed by atoms with Crippen LogP contribution in [0.15, 0.2) is 0 Å². The summed E-state index contributed by atoms with van der Waals surface area (Å²) in [5.41, 5.74) is 0. The minimum Gasteiger partial charge on any atom is -0.315 e. The Hall–Kier alpha value is -0.0800. The molecule has 1 saturated heterocycles. The second-order valence-corrected chi connectivity index (χ2v) is 5.98. The fraction of sp³-hybridized carbons (Fsp3) is 1.00. The summed E-state index contributed by atoms with van der Waals surface area (Å²) in [7, 11) is 2.14. The molecule has 0 aromatic rings. The minimum atomic E-state index is 0.737. The van der Waals surface area contributed by atoms with E-state index in [9.17, 15) is 0 Å². The Kier molecular flexibility index (Phi) is 4.26. The van der Waals surface area contributed by atoms with E-state index >= 15 is 0 Å². The van der Waals surface area contributed by atoms with Crippen molar-refractivity contribution in [3.63, 3.8) is 0 Å². The molecule has 16 heavy (non-hydrogen) atoms. The van der Waals surface area contributed by atoms with Crippen molar-refractivity contribution < 1.29 is 0 Å². The lowest BCUT2D eigenvalue weighted by Gasteiger charge is -2.46. The maximum Gasteiger partial charge on any atom is 0.0252 e. The first-order chi connectivity index (χ1) is 7.72. The molecule has 4 unspecified atom stereocenters. The molecule has 2 fully saturated rings. The molecule has 0 spiro atoms. The van der Waals surface area contributed by atoms with E-state index in [2.05, 4.69) is 31.1 Å². The lowest BCUT2D eigenvalue weighted by molar-refractivity contribution is 0.0413. The summed E-state index contributed by atoms with van der Waals surface area (Å²) in [6.07, 6.45) is 8.45. The highest BCUT2D eigenvalue weighted by atomic mass is 15.2. The van der Waals surface area contributed by atoms with Gasteiger partial charge in [-0.05, 0) is 45.6 Å². The van der Waals surface area contributed by atoms with Crippen molar-refractivity contribution in [1.82, 2.24) is 10.2 Å². The zero-order valence-electron chi connectivity index (χ0n) is 11.2. The standard InChI is InChI=1S/C14H28N2/c1-11-8-9-12(2)16(10-11)14-7-5-4-6-13(14)15-3/h11-15H,4-10H2,1-3H3. The first kappa shape index (κ1) is 12.4. The summed E-state index contributed by atoms with van der Waals surface area (Å²) in [4.78, 5) is 2.80. The summed E-state index contributed by atoms with van der Waals surface area (Å²) in [6, 6.07) is 2.34.